The molecule has 6 heavy (non-hydrogen) atoms. The van der Waals surface area contributed by atoms with Crippen LogP contribution in [0.1, 0.15) is 19.8 Å². The Morgan fingerprint density at radius 2 is 2.17 bits per heavy atom. The average molecular weight is 75.1 g/mol. The van der Waals surface area contributed by atoms with E-state index in [0.29, 0.717) is 0 Å². The quantitative estimate of drug-likeness (QED) is 0.261. The van der Waals surface area contributed by atoms with E-state index in [1.807, 2.05) is 0 Å². The molecule has 0 spiro atoms. The standard InChI is InChI=1S/C5H8.Li/c1-3-5-4-2;/h1H,4-5H2,2H3;/q;+1. The minimum Gasteiger partial charge on any atom is -0.120 e. The van der Waals surface area contributed by atoms with Crippen molar-refractivity contribution in [1.29, 1.82) is 0 Å². The third kappa shape index (κ3) is 8.90. The Balaban J connectivity index is 0. The molecule has 28 valence electrons. The van der Waals surface area contributed by atoms with Crippen molar-refractivity contribution in [2.75, 3.05) is 0 Å². The third-order valence-electron chi connectivity index (χ3n) is 0.394. The van der Waals surface area contributed by atoms with E-state index in [-0.39, 0.29) is 18.9 Å². The number of rotatable bonds is 1. The smallest absolute Gasteiger partial charge is 0.120 e. The second-order valence-electron chi connectivity index (χ2n) is 0.954. The number of terminal acetylenes is 1. The van der Waals surface area contributed by atoms with Crippen LogP contribution in [-0.4, -0.2) is 0 Å². The van der Waals surface area contributed by atoms with Crippen LogP contribution in [0, 0.1) is 12.3 Å². The van der Waals surface area contributed by atoms with E-state index in [2.05, 4.69) is 12.8 Å². The Kier molecular flexibility index (Phi) is 14.1. The van der Waals surface area contributed by atoms with Gasteiger partial charge in [-0.25, -0.2) is 0 Å². The molecule has 0 aliphatic heterocycles. The molecule has 0 unspecified atom stereocenters. The zero-order chi connectivity index (χ0) is 4.12. The molecule has 1 heteroatoms. The van der Waals surface area contributed by atoms with Gasteiger partial charge in [0, 0.05) is 6.42 Å². The number of unbranched alkanes of at least 4 members (excludes halogenated alkanes) is 1. The minimum absolute atomic E-state index is 0. The summed E-state index contributed by atoms with van der Waals surface area (Å²) in [5, 5.41) is 0. The van der Waals surface area contributed by atoms with Crippen LogP contribution in [0.2, 0.25) is 0 Å². The Bertz CT molecular complexity index is 42.4. The van der Waals surface area contributed by atoms with Gasteiger partial charge < -0.3 is 0 Å². The molecule has 0 bridgehead atoms. The first-order valence-electron chi connectivity index (χ1n) is 1.85. The molecule has 0 aromatic heterocycles. The topological polar surface area (TPSA) is 0 Å². The number of hydrogen-bond acceptors (Lipinski definition) is 0. The summed E-state index contributed by atoms with van der Waals surface area (Å²) in [5.74, 6) is 2.52. The summed E-state index contributed by atoms with van der Waals surface area (Å²) in [5.41, 5.74) is 0. The van der Waals surface area contributed by atoms with Crippen molar-refractivity contribution in [1.82, 2.24) is 0 Å². The van der Waals surface area contributed by atoms with Crippen molar-refractivity contribution in [3.63, 3.8) is 0 Å². The van der Waals surface area contributed by atoms with E-state index in [1.54, 1.807) is 0 Å². The Morgan fingerprint density at radius 3 is 2.17 bits per heavy atom. The summed E-state index contributed by atoms with van der Waals surface area (Å²) in [7, 11) is 0. The largest absolute Gasteiger partial charge is 1.00 e. The van der Waals surface area contributed by atoms with Gasteiger partial charge in [0.25, 0.3) is 0 Å². The fourth-order valence-electron chi connectivity index (χ4n) is 0.144. The monoisotopic (exact) mass is 75.1 g/mol. The van der Waals surface area contributed by atoms with E-state index < -0.39 is 0 Å². The van der Waals surface area contributed by atoms with E-state index in [1.165, 1.54) is 0 Å². The van der Waals surface area contributed by atoms with Crippen molar-refractivity contribution in [2.24, 2.45) is 0 Å². The van der Waals surface area contributed by atoms with Gasteiger partial charge in [0.1, 0.15) is 0 Å². The van der Waals surface area contributed by atoms with Gasteiger partial charge in [0.05, 0.1) is 0 Å². The zero-order valence-corrected chi connectivity index (χ0v) is 4.49. The van der Waals surface area contributed by atoms with E-state index >= 15 is 0 Å². The first-order valence-corrected chi connectivity index (χ1v) is 1.85. The van der Waals surface area contributed by atoms with Crippen molar-refractivity contribution in [2.45, 2.75) is 19.8 Å². The predicted molar refractivity (Wildman–Crippen MR) is 23.7 cm³/mol. The summed E-state index contributed by atoms with van der Waals surface area (Å²) in [6.07, 6.45) is 6.91. The van der Waals surface area contributed by atoms with Crippen LogP contribution in [-0.2, 0) is 0 Å². The minimum atomic E-state index is 0. The molecule has 0 amide bonds. The van der Waals surface area contributed by atoms with Gasteiger partial charge in [-0.15, -0.1) is 12.3 Å². The summed E-state index contributed by atoms with van der Waals surface area (Å²) in [6.45, 7) is 2.07. The van der Waals surface area contributed by atoms with Crippen LogP contribution < -0.4 is 18.9 Å². The van der Waals surface area contributed by atoms with Gasteiger partial charge in [-0.05, 0) is 6.42 Å². The molecule has 0 aromatic rings. The second kappa shape index (κ2) is 8.94. The maximum atomic E-state index is 4.89. The molecule has 0 heterocycles. The molecule has 0 fully saturated rings. The Labute approximate surface area is 51.5 Å². The van der Waals surface area contributed by atoms with Crippen LogP contribution in [0.25, 0.3) is 0 Å². The molecule has 0 atom stereocenters. The van der Waals surface area contributed by atoms with Crippen LogP contribution in [0.5, 0.6) is 0 Å². The second-order valence-corrected chi connectivity index (χ2v) is 0.954. The normalized spacial score (nSPS) is 5.33. The summed E-state index contributed by atoms with van der Waals surface area (Å²) in [4.78, 5) is 0. The zero-order valence-electron chi connectivity index (χ0n) is 4.49. The average Bonchev–Trinajstić information content (AvgIpc) is 1.41. The van der Waals surface area contributed by atoms with E-state index in [9.17, 15) is 0 Å². The summed E-state index contributed by atoms with van der Waals surface area (Å²) >= 11 is 0. The first kappa shape index (κ1) is 9.48. The molecule has 0 aromatic carbocycles. The van der Waals surface area contributed by atoms with Gasteiger partial charge in [-0.3, -0.25) is 0 Å². The summed E-state index contributed by atoms with van der Waals surface area (Å²) in [6, 6.07) is 0. The number of hydrogen-bond donors (Lipinski definition) is 0. The maximum absolute atomic E-state index is 4.89. The van der Waals surface area contributed by atoms with Crippen molar-refractivity contribution >= 4 is 0 Å². The Morgan fingerprint density at radius 1 is 1.67 bits per heavy atom. The van der Waals surface area contributed by atoms with Gasteiger partial charge in [-0.1, -0.05) is 6.92 Å². The molecule has 0 radical (unpaired) electrons. The van der Waals surface area contributed by atoms with Crippen molar-refractivity contribution in [3.8, 4) is 12.3 Å². The molecule has 0 aliphatic rings. The molecule has 0 aliphatic carbocycles. The SMILES string of the molecule is C#CCCC.[Li+]. The van der Waals surface area contributed by atoms with Gasteiger partial charge in [0.2, 0.25) is 0 Å². The fraction of sp³-hybridized carbons (Fsp3) is 0.600. The molecule has 0 rings (SSSR count). The third-order valence-corrected chi connectivity index (χ3v) is 0.394. The molecular formula is C5H8Li+. The van der Waals surface area contributed by atoms with E-state index in [0.717, 1.165) is 12.8 Å². The van der Waals surface area contributed by atoms with E-state index in [4.69, 9.17) is 6.42 Å². The van der Waals surface area contributed by atoms with Crippen molar-refractivity contribution in [3.05, 3.63) is 0 Å². The fourth-order valence-corrected chi connectivity index (χ4v) is 0.144. The van der Waals surface area contributed by atoms with Gasteiger partial charge in [0.15, 0.2) is 0 Å². The van der Waals surface area contributed by atoms with Gasteiger partial charge in [-0.2, -0.15) is 0 Å². The predicted octanol–water partition coefficient (Wildman–Crippen LogP) is -1.58. The molecular weight excluding hydrogens is 67.0 g/mol. The maximum Gasteiger partial charge on any atom is 1.00 e. The van der Waals surface area contributed by atoms with Crippen LogP contribution in [0.4, 0.5) is 0 Å². The molecule has 0 saturated heterocycles. The molecule has 0 saturated carbocycles. The Hall–Kier alpha value is 0.157. The first-order chi connectivity index (χ1) is 2.41. The van der Waals surface area contributed by atoms with Gasteiger partial charge >= 0.3 is 18.9 Å². The van der Waals surface area contributed by atoms with Crippen LogP contribution in [0.15, 0.2) is 0 Å². The summed E-state index contributed by atoms with van der Waals surface area (Å²) < 4.78 is 0. The van der Waals surface area contributed by atoms with Crippen LogP contribution in [0.3, 0.4) is 0 Å². The molecule has 0 N–H and O–H groups in total. The van der Waals surface area contributed by atoms with Crippen molar-refractivity contribution < 1.29 is 18.9 Å². The molecule has 0 nitrogen and oxygen atoms in total. The van der Waals surface area contributed by atoms with Crippen LogP contribution >= 0.6 is 0 Å².